The fourth-order valence-electron chi connectivity index (χ4n) is 6.14. The summed E-state index contributed by atoms with van der Waals surface area (Å²) in [4.78, 5) is 27.3. The molecule has 0 unspecified atom stereocenters. The van der Waals surface area contributed by atoms with Gasteiger partial charge in [0, 0.05) is 37.4 Å². The standard InChI is InChI=1S/C32H38F6N2O3/c1-3-7-29(41)39-26-12-10-22(11-13-26)30(42)40-15-14-28(27(19-40)21-8-5-4-6-9-21)43-20(2)23-16-24(31(33,34)35)18-25(17-23)32(36,37)38/h4-6,8-9,16-18,20,22,26-28H,3,7,10-15,19H2,1-2H3,(H,39,41)/t20-,22?,26?,27+,28+/m1/s1. The highest BCUT2D eigenvalue weighted by Crippen LogP contribution is 2.40. The summed E-state index contributed by atoms with van der Waals surface area (Å²) < 4.78 is 87.0. The Labute approximate surface area is 248 Å². The van der Waals surface area contributed by atoms with Crippen molar-refractivity contribution >= 4 is 11.8 Å². The lowest BCUT2D eigenvalue weighted by Crippen LogP contribution is -2.49. The molecule has 236 valence electrons. The van der Waals surface area contributed by atoms with Gasteiger partial charge >= 0.3 is 12.4 Å². The molecule has 1 saturated carbocycles. The van der Waals surface area contributed by atoms with E-state index in [-0.39, 0.29) is 41.3 Å². The molecule has 43 heavy (non-hydrogen) atoms. The predicted molar refractivity (Wildman–Crippen MR) is 149 cm³/mol. The second-order valence-electron chi connectivity index (χ2n) is 11.6. The number of rotatable bonds is 8. The quantitative estimate of drug-likeness (QED) is 0.312. The van der Waals surface area contributed by atoms with Crippen LogP contribution in [0.1, 0.15) is 93.1 Å². The largest absolute Gasteiger partial charge is 0.416 e. The molecule has 3 atom stereocenters. The van der Waals surface area contributed by atoms with Crippen molar-refractivity contribution < 1.29 is 40.7 Å². The van der Waals surface area contributed by atoms with Gasteiger partial charge in [-0.15, -0.1) is 0 Å². The van der Waals surface area contributed by atoms with E-state index in [1.807, 2.05) is 37.3 Å². The Morgan fingerprint density at radius 2 is 1.53 bits per heavy atom. The van der Waals surface area contributed by atoms with E-state index in [1.165, 1.54) is 6.92 Å². The van der Waals surface area contributed by atoms with Crippen molar-refractivity contribution in [3.8, 4) is 0 Å². The third kappa shape index (κ3) is 8.52. The molecule has 0 radical (unpaired) electrons. The van der Waals surface area contributed by atoms with E-state index in [2.05, 4.69) is 5.32 Å². The van der Waals surface area contributed by atoms with Gasteiger partial charge in [0.2, 0.25) is 11.8 Å². The summed E-state index contributed by atoms with van der Waals surface area (Å²) in [6.07, 6.45) is -7.08. The maximum atomic E-state index is 13.6. The Morgan fingerprint density at radius 3 is 2.09 bits per heavy atom. The van der Waals surface area contributed by atoms with Crippen molar-refractivity contribution in [1.82, 2.24) is 10.2 Å². The molecule has 2 aromatic rings. The van der Waals surface area contributed by atoms with E-state index < -0.39 is 35.7 Å². The Hall–Kier alpha value is -3.08. The Balaban J connectivity index is 1.48. The summed E-state index contributed by atoms with van der Waals surface area (Å²) in [6.45, 7) is 4.08. The van der Waals surface area contributed by atoms with Crippen LogP contribution in [0.5, 0.6) is 0 Å². The smallest absolute Gasteiger partial charge is 0.370 e. The highest BCUT2D eigenvalue weighted by molar-refractivity contribution is 5.79. The molecule has 1 N–H and O–H groups in total. The molecular weight excluding hydrogens is 574 g/mol. The van der Waals surface area contributed by atoms with Crippen LogP contribution in [0.15, 0.2) is 48.5 Å². The van der Waals surface area contributed by atoms with Crippen LogP contribution in [0, 0.1) is 5.92 Å². The van der Waals surface area contributed by atoms with Crippen LogP contribution in [0.3, 0.4) is 0 Å². The molecule has 2 aromatic carbocycles. The molecular formula is C32H38F6N2O3. The molecule has 11 heteroatoms. The molecule has 5 nitrogen and oxygen atoms in total. The number of benzene rings is 2. The Morgan fingerprint density at radius 1 is 0.930 bits per heavy atom. The van der Waals surface area contributed by atoms with Crippen molar-refractivity contribution in [2.45, 2.75) is 95.3 Å². The first-order chi connectivity index (χ1) is 20.3. The number of hydrogen-bond donors (Lipinski definition) is 1. The van der Waals surface area contributed by atoms with Gasteiger partial charge in [0.1, 0.15) is 0 Å². The maximum Gasteiger partial charge on any atom is 0.416 e. The summed E-state index contributed by atoms with van der Waals surface area (Å²) in [5.41, 5.74) is -2.10. The first-order valence-electron chi connectivity index (χ1n) is 14.8. The van der Waals surface area contributed by atoms with Crippen LogP contribution in [-0.4, -0.2) is 41.9 Å². The maximum absolute atomic E-state index is 13.6. The van der Waals surface area contributed by atoms with E-state index in [0.717, 1.165) is 24.8 Å². The minimum atomic E-state index is -4.95. The normalized spacial score (nSPS) is 24.0. The molecule has 1 heterocycles. The number of alkyl halides is 6. The summed E-state index contributed by atoms with van der Waals surface area (Å²) in [5.74, 6) is -0.436. The predicted octanol–water partition coefficient (Wildman–Crippen LogP) is 7.66. The minimum absolute atomic E-state index is 0.0264. The molecule has 0 aromatic heterocycles. The number of nitrogens with one attached hydrogen (secondary N) is 1. The van der Waals surface area contributed by atoms with Crippen LogP contribution in [0.25, 0.3) is 0 Å². The number of carbonyl (C=O) groups is 2. The lowest BCUT2D eigenvalue weighted by Gasteiger charge is -2.42. The van der Waals surface area contributed by atoms with Crippen molar-refractivity contribution in [1.29, 1.82) is 0 Å². The first-order valence-corrected chi connectivity index (χ1v) is 14.8. The van der Waals surface area contributed by atoms with Gasteiger partial charge in [0.15, 0.2) is 0 Å². The minimum Gasteiger partial charge on any atom is -0.370 e. The second-order valence-corrected chi connectivity index (χ2v) is 11.6. The number of halogens is 6. The molecule has 1 saturated heterocycles. The monoisotopic (exact) mass is 612 g/mol. The fourth-order valence-corrected chi connectivity index (χ4v) is 6.14. The number of likely N-dealkylation sites (tertiary alicyclic amines) is 1. The van der Waals surface area contributed by atoms with Crippen LogP contribution >= 0.6 is 0 Å². The van der Waals surface area contributed by atoms with Gasteiger partial charge in [-0.25, -0.2) is 0 Å². The number of ether oxygens (including phenoxy) is 1. The highest BCUT2D eigenvalue weighted by Gasteiger charge is 2.40. The fraction of sp³-hybridized carbons (Fsp3) is 0.562. The molecule has 0 spiro atoms. The van der Waals surface area contributed by atoms with Crippen molar-refractivity contribution in [3.05, 3.63) is 70.8 Å². The van der Waals surface area contributed by atoms with E-state index in [4.69, 9.17) is 4.74 Å². The van der Waals surface area contributed by atoms with Gasteiger partial charge < -0.3 is 15.0 Å². The van der Waals surface area contributed by atoms with Crippen molar-refractivity contribution in [2.24, 2.45) is 5.92 Å². The third-order valence-electron chi connectivity index (χ3n) is 8.47. The van der Waals surface area contributed by atoms with Crippen LogP contribution in [-0.2, 0) is 26.7 Å². The topological polar surface area (TPSA) is 58.6 Å². The lowest BCUT2D eigenvalue weighted by atomic mass is 9.83. The molecule has 2 fully saturated rings. The van der Waals surface area contributed by atoms with E-state index in [9.17, 15) is 35.9 Å². The molecule has 1 aliphatic carbocycles. The van der Waals surface area contributed by atoms with Gasteiger partial charge in [-0.1, -0.05) is 37.3 Å². The van der Waals surface area contributed by atoms with Gasteiger partial charge in [-0.2, -0.15) is 26.3 Å². The second kappa shape index (κ2) is 13.7. The SMILES string of the molecule is CCCC(=O)NC1CCC(C(=O)N2CC[C@H](O[C@H](C)c3cc(C(F)(F)F)cc(C(F)(F)F)c3)[C@H](c3ccccc3)C2)CC1. The van der Waals surface area contributed by atoms with Crippen LogP contribution in [0.4, 0.5) is 26.3 Å². The molecule has 1 aliphatic heterocycles. The van der Waals surface area contributed by atoms with E-state index in [1.54, 1.807) is 4.90 Å². The zero-order chi connectivity index (χ0) is 31.4. The molecule has 2 amide bonds. The van der Waals surface area contributed by atoms with E-state index >= 15 is 0 Å². The van der Waals surface area contributed by atoms with Crippen LogP contribution < -0.4 is 5.32 Å². The third-order valence-corrected chi connectivity index (χ3v) is 8.47. The summed E-state index contributed by atoms with van der Waals surface area (Å²) in [5, 5.41) is 3.04. The van der Waals surface area contributed by atoms with Crippen molar-refractivity contribution in [3.63, 3.8) is 0 Å². The Kier molecular flexibility index (Phi) is 10.5. The lowest BCUT2D eigenvalue weighted by molar-refractivity contribution is -0.143. The summed E-state index contributed by atoms with van der Waals surface area (Å²) in [6, 6.07) is 10.9. The van der Waals surface area contributed by atoms with E-state index in [0.29, 0.717) is 50.9 Å². The van der Waals surface area contributed by atoms with Gasteiger partial charge in [-0.05, 0) is 74.8 Å². The van der Waals surface area contributed by atoms with Gasteiger partial charge in [0.25, 0.3) is 0 Å². The number of carbonyl (C=O) groups excluding carboxylic acids is 2. The average molecular weight is 613 g/mol. The van der Waals surface area contributed by atoms with Gasteiger partial charge in [-0.3, -0.25) is 9.59 Å². The molecule has 4 rings (SSSR count). The number of hydrogen-bond acceptors (Lipinski definition) is 3. The zero-order valence-corrected chi connectivity index (χ0v) is 24.3. The van der Waals surface area contributed by atoms with Gasteiger partial charge in [0.05, 0.1) is 23.3 Å². The molecule has 0 bridgehead atoms. The van der Waals surface area contributed by atoms with Crippen molar-refractivity contribution in [2.75, 3.05) is 13.1 Å². The number of amides is 2. The summed E-state index contributed by atoms with van der Waals surface area (Å²) in [7, 11) is 0. The highest BCUT2D eigenvalue weighted by atomic mass is 19.4. The Bertz CT molecular complexity index is 1210. The zero-order valence-electron chi connectivity index (χ0n) is 24.3. The summed E-state index contributed by atoms with van der Waals surface area (Å²) >= 11 is 0. The molecule has 2 aliphatic rings. The first kappa shape index (κ1) is 32.8. The number of nitrogens with zero attached hydrogens (tertiary/aromatic N) is 1. The average Bonchev–Trinajstić information content (AvgIpc) is 2.97. The number of piperidine rings is 1. The van der Waals surface area contributed by atoms with Crippen LogP contribution in [0.2, 0.25) is 0 Å².